The molecule has 0 unspecified atom stereocenters. The van der Waals surface area contributed by atoms with Gasteiger partial charge >= 0.3 is 0 Å². The van der Waals surface area contributed by atoms with Crippen LogP contribution >= 0.6 is 11.8 Å². The van der Waals surface area contributed by atoms with E-state index in [9.17, 15) is 4.39 Å². The molecule has 17 heavy (non-hydrogen) atoms. The molecule has 0 aromatic heterocycles. The molecule has 0 bridgehead atoms. The van der Waals surface area contributed by atoms with E-state index in [1.165, 1.54) is 11.6 Å². The van der Waals surface area contributed by atoms with Crippen LogP contribution in [0, 0.1) is 19.7 Å². The molecule has 2 rings (SSSR count). The Kier molecular flexibility index (Phi) is 3.38. The molecule has 0 saturated carbocycles. The fourth-order valence-corrected chi connectivity index (χ4v) is 2.43. The summed E-state index contributed by atoms with van der Waals surface area (Å²) in [6, 6.07) is 11.3. The van der Waals surface area contributed by atoms with Gasteiger partial charge in [0.05, 0.1) is 0 Å². The van der Waals surface area contributed by atoms with Crippen LogP contribution in [0.2, 0.25) is 0 Å². The molecular weight excluding hydrogens is 233 g/mol. The summed E-state index contributed by atoms with van der Waals surface area (Å²) in [4.78, 5) is 2.00. The highest BCUT2D eigenvalue weighted by Gasteiger charge is 2.06. The van der Waals surface area contributed by atoms with Gasteiger partial charge in [-0.2, -0.15) is 0 Å². The van der Waals surface area contributed by atoms with Crippen LogP contribution in [-0.2, 0) is 0 Å². The van der Waals surface area contributed by atoms with Crippen molar-refractivity contribution in [2.75, 3.05) is 5.73 Å². The molecule has 0 aliphatic rings. The zero-order valence-corrected chi connectivity index (χ0v) is 10.6. The minimum atomic E-state index is -0.254. The second kappa shape index (κ2) is 4.80. The molecule has 0 amide bonds. The lowest BCUT2D eigenvalue weighted by Crippen LogP contribution is -1.92. The molecule has 2 aromatic carbocycles. The van der Waals surface area contributed by atoms with Crippen molar-refractivity contribution in [3.63, 3.8) is 0 Å². The first-order valence-corrected chi connectivity index (χ1v) is 6.18. The molecule has 0 radical (unpaired) electrons. The van der Waals surface area contributed by atoms with E-state index in [1.807, 2.05) is 19.1 Å². The lowest BCUT2D eigenvalue weighted by Gasteiger charge is -2.07. The van der Waals surface area contributed by atoms with Gasteiger partial charge in [0.1, 0.15) is 5.82 Å². The van der Waals surface area contributed by atoms with Crippen molar-refractivity contribution >= 4 is 17.4 Å². The SMILES string of the molecule is Cc1ccc(Sc2cc(C)c(F)cc2N)cc1. The van der Waals surface area contributed by atoms with Crippen molar-refractivity contribution in [2.45, 2.75) is 23.6 Å². The standard InChI is InChI=1S/C14H14FNS/c1-9-3-5-11(6-4-9)17-14-7-10(2)12(15)8-13(14)16/h3-8H,16H2,1-2H3. The number of benzene rings is 2. The van der Waals surface area contributed by atoms with Crippen LogP contribution in [-0.4, -0.2) is 0 Å². The van der Waals surface area contributed by atoms with E-state index in [2.05, 4.69) is 12.1 Å². The second-order valence-corrected chi connectivity index (χ2v) is 5.17. The lowest BCUT2D eigenvalue weighted by molar-refractivity contribution is 0.618. The van der Waals surface area contributed by atoms with Gasteiger partial charge in [0.2, 0.25) is 0 Å². The van der Waals surface area contributed by atoms with Crippen LogP contribution in [0.5, 0.6) is 0 Å². The van der Waals surface area contributed by atoms with E-state index >= 15 is 0 Å². The Hall–Kier alpha value is -1.48. The number of rotatable bonds is 2. The second-order valence-electron chi connectivity index (χ2n) is 4.05. The Morgan fingerprint density at radius 1 is 1.06 bits per heavy atom. The van der Waals surface area contributed by atoms with E-state index in [4.69, 9.17) is 5.73 Å². The molecule has 0 aliphatic carbocycles. The number of anilines is 1. The first-order chi connectivity index (χ1) is 8.06. The van der Waals surface area contributed by atoms with Gasteiger partial charge in [-0.15, -0.1) is 0 Å². The Bertz CT molecular complexity index is 535. The van der Waals surface area contributed by atoms with Gasteiger partial charge in [-0.25, -0.2) is 4.39 Å². The minimum Gasteiger partial charge on any atom is -0.398 e. The van der Waals surface area contributed by atoms with Crippen molar-refractivity contribution in [1.29, 1.82) is 0 Å². The van der Waals surface area contributed by atoms with Crippen molar-refractivity contribution in [1.82, 2.24) is 0 Å². The average Bonchev–Trinajstić information content (AvgIpc) is 2.29. The molecule has 2 aromatic rings. The summed E-state index contributed by atoms with van der Waals surface area (Å²) in [5, 5.41) is 0. The van der Waals surface area contributed by atoms with Crippen molar-refractivity contribution in [3.05, 3.63) is 53.3 Å². The smallest absolute Gasteiger partial charge is 0.128 e. The molecule has 0 atom stereocenters. The fourth-order valence-electron chi connectivity index (χ4n) is 1.49. The van der Waals surface area contributed by atoms with Gasteiger partial charge in [-0.3, -0.25) is 0 Å². The van der Waals surface area contributed by atoms with Crippen molar-refractivity contribution in [2.24, 2.45) is 0 Å². The topological polar surface area (TPSA) is 26.0 Å². The summed E-state index contributed by atoms with van der Waals surface area (Å²) >= 11 is 1.55. The maximum absolute atomic E-state index is 13.3. The largest absolute Gasteiger partial charge is 0.398 e. The third-order valence-electron chi connectivity index (χ3n) is 2.54. The summed E-state index contributed by atoms with van der Waals surface area (Å²) in [5.74, 6) is -0.254. The van der Waals surface area contributed by atoms with Crippen LogP contribution in [0.4, 0.5) is 10.1 Å². The average molecular weight is 247 g/mol. The van der Waals surface area contributed by atoms with E-state index in [0.29, 0.717) is 11.3 Å². The van der Waals surface area contributed by atoms with Gasteiger partial charge in [-0.1, -0.05) is 29.5 Å². The van der Waals surface area contributed by atoms with Crippen LogP contribution < -0.4 is 5.73 Å². The number of halogens is 1. The van der Waals surface area contributed by atoms with E-state index < -0.39 is 0 Å². The molecule has 0 heterocycles. The van der Waals surface area contributed by atoms with Crippen LogP contribution in [0.15, 0.2) is 46.2 Å². The summed E-state index contributed by atoms with van der Waals surface area (Å²) in [6.07, 6.45) is 0. The summed E-state index contributed by atoms with van der Waals surface area (Å²) < 4.78 is 13.3. The lowest BCUT2D eigenvalue weighted by atomic mass is 10.2. The highest BCUT2D eigenvalue weighted by Crippen LogP contribution is 2.33. The summed E-state index contributed by atoms with van der Waals surface area (Å²) in [5.41, 5.74) is 8.13. The molecule has 0 spiro atoms. The Labute approximate surface area is 105 Å². The number of aryl methyl sites for hydroxylation is 2. The maximum atomic E-state index is 13.3. The van der Waals surface area contributed by atoms with Gasteiger partial charge in [0.15, 0.2) is 0 Å². The van der Waals surface area contributed by atoms with Gasteiger partial charge in [-0.05, 0) is 43.7 Å². The summed E-state index contributed by atoms with van der Waals surface area (Å²) in [7, 11) is 0. The van der Waals surface area contributed by atoms with Gasteiger partial charge in [0.25, 0.3) is 0 Å². The number of hydrogen-bond acceptors (Lipinski definition) is 2. The van der Waals surface area contributed by atoms with Crippen LogP contribution in [0.1, 0.15) is 11.1 Å². The predicted octanol–water partition coefficient (Wildman–Crippen LogP) is 4.18. The number of hydrogen-bond donors (Lipinski definition) is 1. The molecule has 2 N–H and O–H groups in total. The Balaban J connectivity index is 2.30. The third kappa shape index (κ3) is 2.80. The highest BCUT2D eigenvalue weighted by atomic mass is 32.2. The van der Waals surface area contributed by atoms with Crippen molar-refractivity contribution in [3.8, 4) is 0 Å². The van der Waals surface area contributed by atoms with E-state index in [1.54, 1.807) is 24.8 Å². The predicted molar refractivity (Wildman–Crippen MR) is 70.9 cm³/mol. The Morgan fingerprint density at radius 2 is 1.71 bits per heavy atom. The summed E-state index contributed by atoms with van der Waals surface area (Å²) in [6.45, 7) is 3.79. The first-order valence-electron chi connectivity index (χ1n) is 5.36. The van der Waals surface area contributed by atoms with E-state index in [0.717, 1.165) is 9.79 Å². The van der Waals surface area contributed by atoms with Gasteiger partial charge < -0.3 is 5.73 Å². The highest BCUT2D eigenvalue weighted by molar-refractivity contribution is 7.99. The van der Waals surface area contributed by atoms with Crippen LogP contribution in [0.3, 0.4) is 0 Å². The molecule has 88 valence electrons. The molecule has 0 saturated heterocycles. The zero-order valence-electron chi connectivity index (χ0n) is 9.83. The molecule has 1 nitrogen and oxygen atoms in total. The maximum Gasteiger partial charge on any atom is 0.128 e. The molecule has 3 heteroatoms. The monoisotopic (exact) mass is 247 g/mol. The van der Waals surface area contributed by atoms with Gasteiger partial charge in [0, 0.05) is 15.5 Å². The third-order valence-corrected chi connectivity index (χ3v) is 3.62. The quantitative estimate of drug-likeness (QED) is 0.806. The zero-order chi connectivity index (χ0) is 12.4. The molecular formula is C14H14FNS. The van der Waals surface area contributed by atoms with Crippen molar-refractivity contribution < 1.29 is 4.39 Å². The number of nitrogen functional groups attached to an aromatic ring is 1. The number of nitrogens with two attached hydrogens (primary N) is 1. The molecule has 0 fully saturated rings. The molecule has 0 aliphatic heterocycles. The Morgan fingerprint density at radius 3 is 2.35 bits per heavy atom. The minimum absolute atomic E-state index is 0.254. The normalized spacial score (nSPS) is 10.5. The van der Waals surface area contributed by atoms with Crippen LogP contribution in [0.25, 0.3) is 0 Å². The fraction of sp³-hybridized carbons (Fsp3) is 0.143. The first kappa shape index (κ1) is 12.0. The van der Waals surface area contributed by atoms with E-state index in [-0.39, 0.29) is 5.82 Å².